The van der Waals surface area contributed by atoms with Gasteiger partial charge in [-0.3, -0.25) is 9.69 Å². The van der Waals surface area contributed by atoms with Crippen molar-refractivity contribution < 1.29 is 18.3 Å². The van der Waals surface area contributed by atoms with Crippen LogP contribution in [0.5, 0.6) is 5.75 Å². The van der Waals surface area contributed by atoms with Crippen molar-refractivity contribution in [1.82, 2.24) is 9.88 Å². The molecule has 0 atom stereocenters. The predicted octanol–water partition coefficient (Wildman–Crippen LogP) is 3.06. The largest absolute Gasteiger partial charge is 0.433 e. The predicted molar refractivity (Wildman–Crippen MR) is 104 cm³/mol. The van der Waals surface area contributed by atoms with Crippen molar-refractivity contribution in [3.8, 4) is 5.75 Å². The van der Waals surface area contributed by atoms with Crippen molar-refractivity contribution in [3.63, 3.8) is 0 Å². The highest BCUT2D eigenvalue weighted by Crippen LogP contribution is 2.20. The van der Waals surface area contributed by atoms with Crippen LogP contribution in [0.4, 0.5) is 20.3 Å². The first-order valence-electron chi connectivity index (χ1n) is 9.16. The second kappa shape index (κ2) is 8.97. The number of para-hydroxylation sites is 1. The molecule has 0 unspecified atom stereocenters. The van der Waals surface area contributed by atoms with Crippen LogP contribution in [0, 0.1) is 13.8 Å². The first kappa shape index (κ1) is 20.0. The minimum Gasteiger partial charge on any atom is -0.433 e. The number of halogens is 2. The third-order valence-electron chi connectivity index (χ3n) is 4.75. The fourth-order valence-electron chi connectivity index (χ4n) is 3.26. The zero-order valence-corrected chi connectivity index (χ0v) is 16.0. The van der Waals surface area contributed by atoms with Crippen LogP contribution in [0.25, 0.3) is 0 Å². The van der Waals surface area contributed by atoms with E-state index in [1.165, 1.54) is 12.3 Å². The quantitative estimate of drug-likeness (QED) is 0.822. The molecule has 2 aromatic rings. The lowest BCUT2D eigenvalue weighted by Gasteiger charge is -2.35. The zero-order chi connectivity index (χ0) is 20.1. The van der Waals surface area contributed by atoms with Crippen LogP contribution in [0.3, 0.4) is 0 Å². The average molecular weight is 390 g/mol. The topological polar surface area (TPSA) is 57.7 Å². The van der Waals surface area contributed by atoms with E-state index in [0.29, 0.717) is 25.5 Å². The molecule has 8 heteroatoms. The van der Waals surface area contributed by atoms with E-state index in [2.05, 4.69) is 24.8 Å². The van der Waals surface area contributed by atoms with Gasteiger partial charge in [-0.15, -0.1) is 0 Å². The fraction of sp³-hybridized carbons (Fsp3) is 0.400. The van der Waals surface area contributed by atoms with Gasteiger partial charge in [0, 0.05) is 31.9 Å². The smallest absolute Gasteiger partial charge is 0.387 e. The molecule has 6 nitrogen and oxygen atoms in total. The standard InChI is InChI=1S/C20H24F2N4O2/c1-14-4-3-5-15(2)19(14)24-18(27)13-25-8-10-26(11-9-25)17-7-6-16(12-23-17)28-20(21)22/h3-7,12,20H,8-11,13H2,1-2H3,(H,24,27). The SMILES string of the molecule is Cc1cccc(C)c1NC(=O)CN1CCN(c2ccc(OC(F)F)cn2)CC1. The number of aryl methyl sites for hydroxylation is 2. The van der Waals surface area contributed by atoms with Crippen molar-refractivity contribution >= 4 is 17.4 Å². The maximum atomic E-state index is 12.4. The van der Waals surface area contributed by atoms with Crippen LogP contribution >= 0.6 is 0 Å². The summed E-state index contributed by atoms with van der Waals surface area (Å²) in [6.07, 6.45) is 1.30. The van der Waals surface area contributed by atoms with Crippen LogP contribution in [-0.4, -0.2) is 55.1 Å². The molecule has 0 aliphatic carbocycles. The molecule has 0 bridgehead atoms. The monoisotopic (exact) mass is 390 g/mol. The number of aromatic nitrogens is 1. The van der Waals surface area contributed by atoms with E-state index in [1.54, 1.807) is 6.07 Å². The van der Waals surface area contributed by atoms with Gasteiger partial charge in [-0.1, -0.05) is 18.2 Å². The second-order valence-corrected chi connectivity index (χ2v) is 6.81. The first-order valence-corrected chi connectivity index (χ1v) is 9.16. The molecule has 3 rings (SSSR count). The van der Waals surface area contributed by atoms with E-state index in [1.807, 2.05) is 32.0 Å². The van der Waals surface area contributed by atoms with Crippen molar-refractivity contribution in [3.05, 3.63) is 47.7 Å². The molecule has 1 amide bonds. The van der Waals surface area contributed by atoms with Gasteiger partial charge in [-0.25, -0.2) is 4.98 Å². The van der Waals surface area contributed by atoms with E-state index < -0.39 is 6.61 Å². The summed E-state index contributed by atoms with van der Waals surface area (Å²) in [7, 11) is 0. The Kier molecular flexibility index (Phi) is 6.41. The second-order valence-electron chi connectivity index (χ2n) is 6.81. The third kappa shape index (κ3) is 5.16. The summed E-state index contributed by atoms with van der Waals surface area (Å²) in [5, 5.41) is 3.01. The van der Waals surface area contributed by atoms with Crippen LogP contribution in [0.1, 0.15) is 11.1 Å². The number of rotatable bonds is 6. The van der Waals surface area contributed by atoms with Crippen LogP contribution in [-0.2, 0) is 4.79 Å². The summed E-state index contributed by atoms with van der Waals surface area (Å²) in [4.78, 5) is 20.7. The minimum atomic E-state index is -2.86. The Labute approximate surface area is 163 Å². The normalized spacial score (nSPS) is 15.0. The fourth-order valence-corrected chi connectivity index (χ4v) is 3.26. The number of ether oxygens (including phenoxy) is 1. The van der Waals surface area contributed by atoms with E-state index in [-0.39, 0.29) is 11.7 Å². The van der Waals surface area contributed by atoms with E-state index in [4.69, 9.17) is 0 Å². The lowest BCUT2D eigenvalue weighted by Crippen LogP contribution is -2.49. The Balaban J connectivity index is 1.49. The number of hydrogen-bond donors (Lipinski definition) is 1. The van der Waals surface area contributed by atoms with Crippen LogP contribution in [0.15, 0.2) is 36.5 Å². The Morgan fingerprint density at radius 1 is 1.14 bits per heavy atom. The molecule has 1 aliphatic rings. The molecular formula is C20H24F2N4O2. The number of anilines is 2. The number of amides is 1. The lowest BCUT2D eigenvalue weighted by molar-refractivity contribution is -0.117. The number of piperazine rings is 1. The van der Waals surface area contributed by atoms with Crippen molar-refractivity contribution in [2.24, 2.45) is 0 Å². The molecule has 1 N–H and O–H groups in total. The highest BCUT2D eigenvalue weighted by atomic mass is 19.3. The molecule has 0 spiro atoms. The maximum absolute atomic E-state index is 12.4. The van der Waals surface area contributed by atoms with Gasteiger partial charge >= 0.3 is 6.61 Å². The molecule has 0 radical (unpaired) electrons. The minimum absolute atomic E-state index is 0.0301. The third-order valence-corrected chi connectivity index (χ3v) is 4.75. The van der Waals surface area contributed by atoms with Gasteiger partial charge in [0.1, 0.15) is 11.6 Å². The number of carbonyl (C=O) groups excluding carboxylic acids is 1. The number of hydrogen-bond acceptors (Lipinski definition) is 5. The molecular weight excluding hydrogens is 366 g/mol. The summed E-state index contributed by atoms with van der Waals surface area (Å²) in [6.45, 7) is 4.28. The van der Waals surface area contributed by atoms with Gasteiger partial charge in [0.05, 0.1) is 12.7 Å². The Hall–Kier alpha value is -2.74. The van der Waals surface area contributed by atoms with Gasteiger partial charge in [0.25, 0.3) is 0 Å². The number of alkyl halides is 2. The molecule has 28 heavy (non-hydrogen) atoms. The van der Waals surface area contributed by atoms with E-state index in [0.717, 1.165) is 29.9 Å². The zero-order valence-electron chi connectivity index (χ0n) is 16.0. The maximum Gasteiger partial charge on any atom is 0.387 e. The van der Waals surface area contributed by atoms with Gasteiger partial charge in [-0.2, -0.15) is 8.78 Å². The van der Waals surface area contributed by atoms with Crippen molar-refractivity contribution in [2.75, 3.05) is 42.9 Å². The highest BCUT2D eigenvalue weighted by Gasteiger charge is 2.20. The molecule has 1 aromatic heterocycles. The number of carbonyl (C=O) groups is 1. The van der Waals surface area contributed by atoms with Crippen LogP contribution in [0.2, 0.25) is 0 Å². The highest BCUT2D eigenvalue weighted by molar-refractivity contribution is 5.93. The lowest BCUT2D eigenvalue weighted by atomic mass is 10.1. The first-order chi connectivity index (χ1) is 13.4. The molecule has 1 saturated heterocycles. The Morgan fingerprint density at radius 2 is 1.82 bits per heavy atom. The molecule has 150 valence electrons. The van der Waals surface area contributed by atoms with Gasteiger partial charge in [0.2, 0.25) is 5.91 Å². The molecule has 1 aliphatic heterocycles. The average Bonchev–Trinajstić information content (AvgIpc) is 2.66. The van der Waals surface area contributed by atoms with Crippen LogP contribution < -0.4 is 15.0 Å². The number of nitrogens with zero attached hydrogens (tertiary/aromatic N) is 3. The Morgan fingerprint density at radius 3 is 2.39 bits per heavy atom. The van der Waals surface area contributed by atoms with Gasteiger partial charge < -0.3 is 15.0 Å². The molecule has 1 aromatic carbocycles. The van der Waals surface area contributed by atoms with E-state index in [9.17, 15) is 13.6 Å². The molecule has 2 heterocycles. The molecule has 1 fully saturated rings. The summed E-state index contributed by atoms with van der Waals surface area (Å²) in [6, 6.07) is 9.08. The summed E-state index contributed by atoms with van der Waals surface area (Å²) in [5.74, 6) is 0.722. The van der Waals surface area contributed by atoms with Crippen molar-refractivity contribution in [1.29, 1.82) is 0 Å². The number of nitrogens with one attached hydrogen (secondary N) is 1. The number of pyridine rings is 1. The Bertz CT molecular complexity index is 786. The summed E-state index contributed by atoms with van der Waals surface area (Å²) < 4.78 is 28.7. The summed E-state index contributed by atoms with van der Waals surface area (Å²) in [5.41, 5.74) is 2.97. The van der Waals surface area contributed by atoms with Gasteiger partial charge in [0.15, 0.2) is 0 Å². The van der Waals surface area contributed by atoms with Gasteiger partial charge in [-0.05, 0) is 37.1 Å². The molecule has 0 saturated carbocycles. The number of benzene rings is 1. The van der Waals surface area contributed by atoms with E-state index >= 15 is 0 Å². The van der Waals surface area contributed by atoms with Crippen molar-refractivity contribution in [2.45, 2.75) is 20.5 Å². The summed E-state index contributed by atoms with van der Waals surface area (Å²) >= 11 is 0.